The van der Waals surface area contributed by atoms with E-state index in [1.165, 1.54) is 30.5 Å². The Balaban J connectivity index is 1.88. The van der Waals surface area contributed by atoms with Crippen LogP contribution in [0.4, 0.5) is 0 Å². The first kappa shape index (κ1) is 13.5. The molecule has 0 amide bonds. The molecule has 1 aromatic rings. The first-order valence-corrected chi connectivity index (χ1v) is 6.81. The maximum absolute atomic E-state index is 5.77. The van der Waals surface area contributed by atoms with Gasteiger partial charge < -0.3 is 10.5 Å². The Labute approximate surface area is 110 Å². The highest BCUT2D eigenvalue weighted by Gasteiger charge is 2.18. The van der Waals surface area contributed by atoms with Gasteiger partial charge in [0.05, 0.1) is 6.61 Å². The van der Waals surface area contributed by atoms with E-state index in [-0.39, 0.29) is 0 Å². The van der Waals surface area contributed by atoms with E-state index in [9.17, 15) is 0 Å². The van der Waals surface area contributed by atoms with Gasteiger partial charge in [-0.25, -0.2) is 0 Å². The van der Waals surface area contributed by atoms with E-state index in [2.05, 4.69) is 29.2 Å². The second-order valence-electron chi connectivity index (χ2n) is 5.23. The average molecular weight is 248 g/mol. The zero-order chi connectivity index (χ0) is 12.8. The van der Waals surface area contributed by atoms with Crippen LogP contribution in [0.2, 0.25) is 0 Å². The van der Waals surface area contributed by atoms with Gasteiger partial charge in [0.25, 0.3) is 0 Å². The van der Waals surface area contributed by atoms with E-state index in [1.807, 2.05) is 0 Å². The van der Waals surface area contributed by atoms with E-state index >= 15 is 0 Å². The number of hydrogen-bond acceptors (Lipinski definition) is 3. The molecule has 3 heteroatoms. The van der Waals surface area contributed by atoms with Crippen molar-refractivity contribution in [3.05, 3.63) is 35.4 Å². The molecule has 0 radical (unpaired) electrons. The second kappa shape index (κ2) is 6.88. The van der Waals surface area contributed by atoms with Crippen molar-refractivity contribution in [3.63, 3.8) is 0 Å². The normalized spacial score (nSPS) is 21.1. The van der Waals surface area contributed by atoms with Crippen LogP contribution in [-0.2, 0) is 17.9 Å². The second-order valence-corrected chi connectivity index (χ2v) is 5.23. The molecule has 1 heterocycles. The number of benzene rings is 1. The lowest BCUT2D eigenvalue weighted by molar-refractivity contribution is 0.171. The molecule has 0 spiro atoms. The fourth-order valence-electron chi connectivity index (χ4n) is 2.65. The summed E-state index contributed by atoms with van der Waals surface area (Å²) >= 11 is 0. The summed E-state index contributed by atoms with van der Waals surface area (Å²) in [6, 6.07) is 8.73. The van der Waals surface area contributed by atoms with Crippen molar-refractivity contribution in [1.29, 1.82) is 0 Å². The van der Waals surface area contributed by atoms with Gasteiger partial charge in [-0.1, -0.05) is 24.3 Å². The van der Waals surface area contributed by atoms with Gasteiger partial charge in [0, 0.05) is 20.2 Å². The highest BCUT2D eigenvalue weighted by atomic mass is 16.5. The molecule has 100 valence electrons. The fourth-order valence-corrected chi connectivity index (χ4v) is 2.65. The van der Waals surface area contributed by atoms with Gasteiger partial charge in [-0.05, 0) is 43.0 Å². The maximum Gasteiger partial charge on any atom is 0.0713 e. The molecule has 1 aliphatic heterocycles. The lowest BCUT2D eigenvalue weighted by Crippen LogP contribution is -2.37. The molecule has 1 unspecified atom stereocenters. The smallest absolute Gasteiger partial charge is 0.0713 e. The van der Waals surface area contributed by atoms with E-state index in [0.29, 0.717) is 12.5 Å². The Bertz CT molecular complexity index is 350. The number of methoxy groups -OCH3 is 1. The highest BCUT2D eigenvalue weighted by Crippen LogP contribution is 2.18. The van der Waals surface area contributed by atoms with E-state index in [4.69, 9.17) is 10.5 Å². The van der Waals surface area contributed by atoms with Crippen LogP contribution in [0.15, 0.2) is 24.3 Å². The van der Waals surface area contributed by atoms with Gasteiger partial charge in [-0.15, -0.1) is 0 Å². The summed E-state index contributed by atoms with van der Waals surface area (Å²) in [5, 5.41) is 0. The predicted octanol–water partition coefficient (Wildman–Crippen LogP) is 2.00. The van der Waals surface area contributed by atoms with Gasteiger partial charge >= 0.3 is 0 Å². The van der Waals surface area contributed by atoms with Crippen molar-refractivity contribution in [2.24, 2.45) is 11.7 Å². The monoisotopic (exact) mass is 248 g/mol. The molecule has 0 bridgehead atoms. The predicted molar refractivity (Wildman–Crippen MR) is 74.2 cm³/mol. The lowest BCUT2D eigenvalue weighted by Gasteiger charge is -2.32. The van der Waals surface area contributed by atoms with Crippen molar-refractivity contribution in [2.75, 3.05) is 26.7 Å². The van der Waals surface area contributed by atoms with Gasteiger partial charge in [-0.2, -0.15) is 0 Å². The minimum Gasteiger partial charge on any atom is -0.380 e. The van der Waals surface area contributed by atoms with E-state index in [0.717, 1.165) is 19.6 Å². The zero-order valence-corrected chi connectivity index (χ0v) is 11.3. The standard InChI is InChI=1S/C15H24N2O/c1-18-12-14-6-4-13(5-7-14)10-17-8-2-3-15(9-16)11-17/h4-7,15H,2-3,8-12,16H2,1H3. The van der Waals surface area contributed by atoms with Crippen LogP contribution in [-0.4, -0.2) is 31.6 Å². The van der Waals surface area contributed by atoms with Crippen LogP contribution < -0.4 is 5.73 Å². The highest BCUT2D eigenvalue weighted by molar-refractivity contribution is 5.22. The SMILES string of the molecule is COCc1ccc(CN2CCCC(CN)C2)cc1. The van der Waals surface area contributed by atoms with E-state index < -0.39 is 0 Å². The molecule has 0 aromatic heterocycles. The molecule has 18 heavy (non-hydrogen) atoms. The number of hydrogen-bond donors (Lipinski definition) is 1. The minimum atomic E-state index is 0.687. The Morgan fingerprint density at radius 2 is 2.00 bits per heavy atom. The first-order chi connectivity index (χ1) is 8.81. The van der Waals surface area contributed by atoms with E-state index in [1.54, 1.807) is 7.11 Å². The lowest BCUT2D eigenvalue weighted by atomic mass is 9.98. The number of nitrogens with two attached hydrogens (primary N) is 1. The summed E-state index contributed by atoms with van der Waals surface area (Å²) in [5.41, 5.74) is 8.39. The summed E-state index contributed by atoms with van der Waals surface area (Å²) < 4.78 is 5.12. The molecule has 2 N–H and O–H groups in total. The molecule has 3 nitrogen and oxygen atoms in total. The Hall–Kier alpha value is -0.900. The Morgan fingerprint density at radius 1 is 1.28 bits per heavy atom. The minimum absolute atomic E-state index is 0.687. The molecular formula is C15H24N2O. The van der Waals surface area contributed by atoms with Gasteiger partial charge in [0.1, 0.15) is 0 Å². The van der Waals surface area contributed by atoms with Crippen molar-refractivity contribution in [3.8, 4) is 0 Å². The molecule has 0 saturated carbocycles. The molecule has 0 aliphatic carbocycles. The van der Waals surface area contributed by atoms with Gasteiger partial charge in [0.2, 0.25) is 0 Å². The number of rotatable bonds is 5. The molecule has 1 aromatic carbocycles. The van der Waals surface area contributed by atoms with Crippen molar-refractivity contribution < 1.29 is 4.74 Å². The largest absolute Gasteiger partial charge is 0.380 e. The van der Waals surface area contributed by atoms with Crippen molar-refractivity contribution in [1.82, 2.24) is 4.90 Å². The Kier molecular flexibility index (Phi) is 5.17. The topological polar surface area (TPSA) is 38.5 Å². The van der Waals surface area contributed by atoms with Crippen LogP contribution in [0.5, 0.6) is 0 Å². The van der Waals surface area contributed by atoms with Crippen molar-refractivity contribution in [2.45, 2.75) is 26.0 Å². The van der Waals surface area contributed by atoms with Crippen LogP contribution in [0.1, 0.15) is 24.0 Å². The van der Waals surface area contributed by atoms with Gasteiger partial charge in [-0.3, -0.25) is 4.90 Å². The molecule has 1 fully saturated rings. The van der Waals surface area contributed by atoms with Crippen LogP contribution >= 0.6 is 0 Å². The summed E-state index contributed by atoms with van der Waals surface area (Å²) in [7, 11) is 1.73. The fraction of sp³-hybridized carbons (Fsp3) is 0.600. The maximum atomic E-state index is 5.77. The van der Waals surface area contributed by atoms with Crippen LogP contribution in [0.3, 0.4) is 0 Å². The third kappa shape index (κ3) is 3.80. The molecular weight excluding hydrogens is 224 g/mol. The summed E-state index contributed by atoms with van der Waals surface area (Å²) in [4.78, 5) is 2.52. The third-order valence-corrected chi connectivity index (χ3v) is 3.68. The molecule has 1 atom stereocenters. The summed E-state index contributed by atoms with van der Waals surface area (Å²) in [6.07, 6.45) is 2.57. The summed E-state index contributed by atoms with van der Waals surface area (Å²) in [5.74, 6) is 0.687. The number of piperidine rings is 1. The summed E-state index contributed by atoms with van der Waals surface area (Å²) in [6.45, 7) is 4.92. The molecule has 1 aliphatic rings. The molecule has 1 saturated heterocycles. The third-order valence-electron chi connectivity index (χ3n) is 3.68. The van der Waals surface area contributed by atoms with Crippen molar-refractivity contribution >= 4 is 0 Å². The number of ether oxygens (including phenoxy) is 1. The average Bonchev–Trinajstić information content (AvgIpc) is 2.42. The first-order valence-electron chi connectivity index (χ1n) is 6.81. The van der Waals surface area contributed by atoms with Crippen LogP contribution in [0, 0.1) is 5.92 Å². The van der Waals surface area contributed by atoms with Gasteiger partial charge in [0.15, 0.2) is 0 Å². The Morgan fingerprint density at radius 3 is 2.67 bits per heavy atom. The quantitative estimate of drug-likeness (QED) is 0.866. The van der Waals surface area contributed by atoms with Crippen LogP contribution in [0.25, 0.3) is 0 Å². The number of nitrogens with zero attached hydrogens (tertiary/aromatic N) is 1. The zero-order valence-electron chi connectivity index (χ0n) is 11.3. The molecule has 2 rings (SSSR count). The number of likely N-dealkylation sites (tertiary alicyclic amines) is 1.